The van der Waals surface area contributed by atoms with Crippen molar-refractivity contribution < 1.29 is 4.79 Å². The molecule has 1 aliphatic heterocycles. The van der Waals surface area contributed by atoms with Crippen molar-refractivity contribution in [3.63, 3.8) is 0 Å². The zero-order valence-corrected chi connectivity index (χ0v) is 14.0. The lowest BCUT2D eigenvalue weighted by Gasteiger charge is -2.14. The van der Waals surface area contributed by atoms with Gasteiger partial charge in [0, 0.05) is 31.9 Å². The molecule has 1 aromatic carbocycles. The summed E-state index contributed by atoms with van der Waals surface area (Å²) in [5, 5.41) is 3.04. The van der Waals surface area contributed by atoms with Crippen molar-refractivity contribution in [3.8, 4) is 11.1 Å². The monoisotopic (exact) mass is 311 g/mol. The van der Waals surface area contributed by atoms with Crippen LogP contribution in [0, 0.1) is 6.92 Å². The largest absolute Gasteiger partial charge is 0.349 e. The minimum atomic E-state index is 0.00468. The Morgan fingerprint density at radius 2 is 1.83 bits per heavy atom. The zero-order valence-electron chi connectivity index (χ0n) is 14.0. The van der Waals surface area contributed by atoms with Gasteiger partial charge in [-0.25, -0.2) is 0 Å². The molecular formula is C19H25N3O. The number of benzene rings is 1. The average Bonchev–Trinajstić information content (AvgIpc) is 3.17. The van der Waals surface area contributed by atoms with Gasteiger partial charge in [0.05, 0.1) is 0 Å². The summed E-state index contributed by atoms with van der Waals surface area (Å²) in [6.45, 7) is 6.06. The van der Waals surface area contributed by atoms with E-state index in [9.17, 15) is 4.79 Å². The van der Waals surface area contributed by atoms with E-state index in [4.69, 9.17) is 0 Å². The lowest BCUT2D eigenvalue weighted by Crippen LogP contribution is -2.34. The number of rotatable bonds is 5. The number of likely N-dealkylation sites (tertiary alicyclic amines) is 1. The predicted molar refractivity (Wildman–Crippen MR) is 93.6 cm³/mol. The Morgan fingerprint density at radius 1 is 1.13 bits per heavy atom. The van der Waals surface area contributed by atoms with Crippen molar-refractivity contribution in [3.05, 3.63) is 47.8 Å². The quantitative estimate of drug-likeness (QED) is 0.922. The maximum Gasteiger partial charge on any atom is 0.267 e. The maximum atomic E-state index is 12.4. The smallest absolute Gasteiger partial charge is 0.267 e. The minimum absolute atomic E-state index is 0.00468. The lowest BCUT2D eigenvalue weighted by atomic mass is 10.1. The summed E-state index contributed by atoms with van der Waals surface area (Å²) in [6, 6.07) is 10.4. The number of hydrogen-bond donors (Lipinski definition) is 1. The van der Waals surface area contributed by atoms with Gasteiger partial charge < -0.3 is 14.8 Å². The van der Waals surface area contributed by atoms with Crippen LogP contribution in [-0.4, -0.2) is 41.6 Å². The van der Waals surface area contributed by atoms with Gasteiger partial charge in [0.15, 0.2) is 0 Å². The molecule has 0 saturated carbocycles. The SMILES string of the molecule is Cc1ccc(-c2cc(C(=O)NCCN3CCCC3)n(C)c2)cc1. The fourth-order valence-electron chi connectivity index (χ4n) is 3.12. The Kier molecular flexibility index (Phi) is 4.82. The number of carbonyl (C=O) groups excluding carboxylic acids is 1. The number of aromatic nitrogens is 1. The second-order valence-electron chi connectivity index (χ2n) is 6.40. The number of aryl methyl sites for hydroxylation is 2. The molecule has 2 aromatic rings. The van der Waals surface area contributed by atoms with Crippen molar-refractivity contribution in [1.29, 1.82) is 0 Å². The Hall–Kier alpha value is -2.07. The summed E-state index contributed by atoms with van der Waals surface area (Å²) >= 11 is 0. The van der Waals surface area contributed by atoms with E-state index in [1.165, 1.54) is 18.4 Å². The molecule has 3 rings (SSSR count). The minimum Gasteiger partial charge on any atom is -0.349 e. The summed E-state index contributed by atoms with van der Waals surface area (Å²) in [5.41, 5.74) is 4.17. The van der Waals surface area contributed by atoms with Crippen LogP contribution in [-0.2, 0) is 7.05 Å². The van der Waals surface area contributed by atoms with Crippen molar-refractivity contribution >= 4 is 5.91 Å². The van der Waals surface area contributed by atoms with Crippen LogP contribution in [0.4, 0.5) is 0 Å². The van der Waals surface area contributed by atoms with E-state index < -0.39 is 0 Å². The average molecular weight is 311 g/mol. The molecule has 0 radical (unpaired) electrons. The van der Waals surface area contributed by atoms with Gasteiger partial charge in [0.1, 0.15) is 5.69 Å². The van der Waals surface area contributed by atoms with Crippen LogP contribution in [0.3, 0.4) is 0 Å². The van der Waals surface area contributed by atoms with Gasteiger partial charge in [-0.15, -0.1) is 0 Å². The molecule has 122 valence electrons. The van der Waals surface area contributed by atoms with E-state index in [-0.39, 0.29) is 5.91 Å². The van der Waals surface area contributed by atoms with E-state index in [2.05, 4.69) is 41.4 Å². The first kappa shape index (κ1) is 15.8. The summed E-state index contributed by atoms with van der Waals surface area (Å²) < 4.78 is 1.90. The Morgan fingerprint density at radius 3 is 2.52 bits per heavy atom. The topological polar surface area (TPSA) is 37.3 Å². The molecule has 0 spiro atoms. The van der Waals surface area contributed by atoms with Crippen molar-refractivity contribution in [2.75, 3.05) is 26.2 Å². The first-order valence-electron chi connectivity index (χ1n) is 8.37. The molecule has 1 saturated heterocycles. The van der Waals surface area contributed by atoms with E-state index in [0.717, 1.165) is 30.8 Å². The fraction of sp³-hybridized carbons (Fsp3) is 0.421. The molecule has 1 aliphatic rings. The molecule has 23 heavy (non-hydrogen) atoms. The van der Waals surface area contributed by atoms with Crippen LogP contribution in [0.5, 0.6) is 0 Å². The van der Waals surface area contributed by atoms with E-state index in [1.54, 1.807) is 0 Å². The highest BCUT2D eigenvalue weighted by Gasteiger charge is 2.14. The predicted octanol–water partition coefficient (Wildman–Crippen LogP) is 2.83. The first-order valence-corrected chi connectivity index (χ1v) is 8.37. The van der Waals surface area contributed by atoms with Crippen LogP contribution in [0.15, 0.2) is 36.5 Å². The third-order valence-electron chi connectivity index (χ3n) is 4.53. The number of hydrogen-bond acceptors (Lipinski definition) is 2. The second-order valence-corrected chi connectivity index (χ2v) is 6.40. The summed E-state index contributed by atoms with van der Waals surface area (Å²) in [5.74, 6) is 0.00468. The zero-order chi connectivity index (χ0) is 16.2. The van der Waals surface area contributed by atoms with Gasteiger partial charge >= 0.3 is 0 Å². The molecule has 0 unspecified atom stereocenters. The van der Waals surface area contributed by atoms with Gasteiger partial charge in [-0.2, -0.15) is 0 Å². The molecule has 1 N–H and O–H groups in total. The Bertz CT molecular complexity index is 666. The van der Waals surface area contributed by atoms with E-state index in [0.29, 0.717) is 12.2 Å². The van der Waals surface area contributed by atoms with Crippen LogP contribution in [0.2, 0.25) is 0 Å². The molecule has 0 bridgehead atoms. The summed E-state index contributed by atoms with van der Waals surface area (Å²) in [4.78, 5) is 14.8. The number of amides is 1. The van der Waals surface area contributed by atoms with Gasteiger partial charge in [0.25, 0.3) is 5.91 Å². The molecular weight excluding hydrogens is 286 g/mol. The van der Waals surface area contributed by atoms with Crippen LogP contribution < -0.4 is 5.32 Å². The highest BCUT2D eigenvalue weighted by Crippen LogP contribution is 2.22. The van der Waals surface area contributed by atoms with E-state index in [1.807, 2.05) is 23.9 Å². The normalized spacial score (nSPS) is 15.0. The van der Waals surface area contributed by atoms with Crippen LogP contribution in [0.25, 0.3) is 11.1 Å². The maximum absolute atomic E-state index is 12.4. The standard InChI is InChI=1S/C19H25N3O/c1-15-5-7-16(8-6-15)17-13-18(21(2)14-17)19(23)20-9-12-22-10-3-4-11-22/h5-8,13-14H,3-4,9-12H2,1-2H3,(H,20,23). The Balaban J connectivity index is 1.62. The van der Waals surface area contributed by atoms with Crippen molar-refractivity contribution in [2.24, 2.45) is 7.05 Å². The van der Waals surface area contributed by atoms with Gasteiger partial charge in [0.2, 0.25) is 0 Å². The molecule has 2 heterocycles. The first-order chi connectivity index (χ1) is 11.1. The number of nitrogens with zero attached hydrogens (tertiary/aromatic N) is 2. The third kappa shape index (κ3) is 3.82. The molecule has 1 fully saturated rings. The second kappa shape index (κ2) is 7.01. The fourth-order valence-corrected chi connectivity index (χ4v) is 3.12. The lowest BCUT2D eigenvalue weighted by molar-refractivity contribution is 0.0941. The van der Waals surface area contributed by atoms with Gasteiger partial charge in [-0.3, -0.25) is 4.79 Å². The van der Waals surface area contributed by atoms with Gasteiger partial charge in [-0.1, -0.05) is 29.8 Å². The number of nitrogens with one attached hydrogen (secondary N) is 1. The molecule has 1 aromatic heterocycles. The highest BCUT2D eigenvalue weighted by molar-refractivity contribution is 5.94. The van der Waals surface area contributed by atoms with Crippen LogP contribution in [0.1, 0.15) is 28.9 Å². The van der Waals surface area contributed by atoms with Crippen LogP contribution >= 0.6 is 0 Å². The van der Waals surface area contributed by atoms with Crippen molar-refractivity contribution in [2.45, 2.75) is 19.8 Å². The van der Waals surface area contributed by atoms with Gasteiger partial charge in [-0.05, 0) is 44.5 Å². The molecule has 4 heteroatoms. The third-order valence-corrected chi connectivity index (χ3v) is 4.53. The highest BCUT2D eigenvalue weighted by atomic mass is 16.1. The number of carbonyl (C=O) groups is 1. The summed E-state index contributed by atoms with van der Waals surface area (Å²) in [6.07, 6.45) is 4.58. The van der Waals surface area contributed by atoms with Crippen molar-refractivity contribution in [1.82, 2.24) is 14.8 Å². The summed E-state index contributed by atoms with van der Waals surface area (Å²) in [7, 11) is 1.92. The molecule has 0 atom stereocenters. The molecule has 4 nitrogen and oxygen atoms in total. The molecule has 0 aliphatic carbocycles. The van der Waals surface area contributed by atoms with E-state index >= 15 is 0 Å². The molecule has 1 amide bonds. The Labute approximate surface area is 138 Å².